The van der Waals surface area contributed by atoms with E-state index in [1.807, 2.05) is 0 Å². The normalized spacial score (nSPS) is 17.8. The maximum absolute atomic E-state index is 12.3. The van der Waals surface area contributed by atoms with Gasteiger partial charge in [0.15, 0.2) is 0 Å². The third-order valence-electron chi connectivity index (χ3n) is 3.22. The molecule has 1 heterocycles. The van der Waals surface area contributed by atoms with Crippen molar-refractivity contribution in [1.82, 2.24) is 9.29 Å². The van der Waals surface area contributed by atoms with Gasteiger partial charge in [-0.25, -0.2) is 13.4 Å². The molecule has 0 aliphatic heterocycles. The zero-order chi connectivity index (χ0) is 12.5. The van der Waals surface area contributed by atoms with Gasteiger partial charge in [-0.1, -0.05) is 24.4 Å². The Balaban J connectivity index is 2.26. The number of aromatic nitrogens is 1. The SMILES string of the molecule is CN(C1CCCC1)S(=O)(=O)c1ccc(Cl)nc1. The molecule has 94 valence electrons. The van der Waals surface area contributed by atoms with E-state index in [4.69, 9.17) is 11.6 Å². The summed E-state index contributed by atoms with van der Waals surface area (Å²) in [6.45, 7) is 0. The van der Waals surface area contributed by atoms with Gasteiger partial charge in [-0.15, -0.1) is 0 Å². The molecule has 1 aliphatic rings. The number of sulfonamides is 1. The summed E-state index contributed by atoms with van der Waals surface area (Å²) < 4.78 is 26.0. The van der Waals surface area contributed by atoms with Gasteiger partial charge < -0.3 is 0 Å². The third kappa shape index (κ3) is 2.61. The van der Waals surface area contributed by atoms with Crippen LogP contribution in [-0.4, -0.2) is 30.8 Å². The van der Waals surface area contributed by atoms with E-state index < -0.39 is 10.0 Å². The van der Waals surface area contributed by atoms with Crippen LogP contribution in [0.5, 0.6) is 0 Å². The van der Waals surface area contributed by atoms with E-state index in [1.54, 1.807) is 7.05 Å². The lowest BCUT2D eigenvalue weighted by Gasteiger charge is -2.23. The Labute approximate surface area is 107 Å². The Morgan fingerprint density at radius 1 is 1.35 bits per heavy atom. The molecule has 17 heavy (non-hydrogen) atoms. The summed E-state index contributed by atoms with van der Waals surface area (Å²) in [5, 5.41) is 0.299. The molecule has 0 saturated heterocycles. The number of halogens is 1. The van der Waals surface area contributed by atoms with Crippen molar-refractivity contribution in [1.29, 1.82) is 0 Å². The third-order valence-corrected chi connectivity index (χ3v) is 5.33. The predicted molar refractivity (Wildman–Crippen MR) is 66.5 cm³/mol. The molecule has 6 heteroatoms. The van der Waals surface area contributed by atoms with Gasteiger partial charge in [0.2, 0.25) is 10.0 Å². The minimum Gasteiger partial charge on any atom is -0.243 e. The van der Waals surface area contributed by atoms with Crippen LogP contribution in [0.15, 0.2) is 23.2 Å². The summed E-state index contributed by atoms with van der Waals surface area (Å²) in [5.74, 6) is 0. The van der Waals surface area contributed by atoms with Gasteiger partial charge in [0.05, 0.1) is 0 Å². The van der Waals surface area contributed by atoms with Gasteiger partial charge in [-0.3, -0.25) is 0 Å². The molecule has 0 radical (unpaired) electrons. The zero-order valence-corrected chi connectivity index (χ0v) is 11.2. The predicted octanol–water partition coefficient (Wildman–Crippen LogP) is 2.30. The molecule has 1 aromatic rings. The van der Waals surface area contributed by atoms with Crippen molar-refractivity contribution in [2.75, 3.05) is 7.05 Å². The van der Waals surface area contributed by atoms with Crippen molar-refractivity contribution in [3.8, 4) is 0 Å². The van der Waals surface area contributed by atoms with Crippen molar-refractivity contribution < 1.29 is 8.42 Å². The lowest BCUT2D eigenvalue weighted by molar-refractivity contribution is 0.373. The molecule has 1 aliphatic carbocycles. The van der Waals surface area contributed by atoms with E-state index in [1.165, 1.54) is 22.6 Å². The van der Waals surface area contributed by atoms with E-state index in [0.717, 1.165) is 25.7 Å². The average Bonchev–Trinajstić information content (AvgIpc) is 2.82. The Morgan fingerprint density at radius 3 is 2.53 bits per heavy atom. The van der Waals surface area contributed by atoms with Crippen LogP contribution in [0.1, 0.15) is 25.7 Å². The highest BCUT2D eigenvalue weighted by molar-refractivity contribution is 7.89. The van der Waals surface area contributed by atoms with Crippen LogP contribution in [-0.2, 0) is 10.0 Å². The van der Waals surface area contributed by atoms with E-state index in [9.17, 15) is 8.42 Å². The fourth-order valence-corrected chi connectivity index (χ4v) is 3.62. The second-order valence-electron chi connectivity index (χ2n) is 4.28. The van der Waals surface area contributed by atoms with Crippen LogP contribution in [0, 0.1) is 0 Å². The molecule has 0 N–H and O–H groups in total. The molecule has 1 fully saturated rings. The van der Waals surface area contributed by atoms with Crippen LogP contribution in [0.3, 0.4) is 0 Å². The molecular weight excluding hydrogens is 260 g/mol. The quantitative estimate of drug-likeness (QED) is 0.795. The Bertz CT molecular complexity index is 481. The van der Waals surface area contributed by atoms with Crippen molar-refractivity contribution in [3.63, 3.8) is 0 Å². The van der Waals surface area contributed by atoms with E-state index in [-0.39, 0.29) is 10.9 Å². The molecule has 0 amide bonds. The fraction of sp³-hybridized carbons (Fsp3) is 0.545. The monoisotopic (exact) mass is 274 g/mol. The highest BCUT2D eigenvalue weighted by Gasteiger charge is 2.30. The lowest BCUT2D eigenvalue weighted by atomic mass is 10.3. The number of hydrogen-bond donors (Lipinski definition) is 0. The van der Waals surface area contributed by atoms with Gasteiger partial charge in [0.1, 0.15) is 10.0 Å². The molecule has 0 aromatic carbocycles. The summed E-state index contributed by atoms with van der Waals surface area (Å²) >= 11 is 5.65. The summed E-state index contributed by atoms with van der Waals surface area (Å²) in [4.78, 5) is 4.02. The van der Waals surface area contributed by atoms with E-state index in [0.29, 0.717) is 5.15 Å². The molecule has 2 rings (SSSR count). The second-order valence-corrected chi connectivity index (χ2v) is 6.66. The van der Waals surface area contributed by atoms with E-state index >= 15 is 0 Å². The number of nitrogens with zero attached hydrogens (tertiary/aromatic N) is 2. The van der Waals surface area contributed by atoms with E-state index in [2.05, 4.69) is 4.98 Å². The molecular formula is C11H15ClN2O2S. The summed E-state index contributed by atoms with van der Waals surface area (Å²) in [5.41, 5.74) is 0. The molecule has 0 bridgehead atoms. The summed E-state index contributed by atoms with van der Waals surface area (Å²) in [6, 6.07) is 3.11. The van der Waals surface area contributed by atoms with Crippen LogP contribution in [0.2, 0.25) is 5.15 Å². The number of pyridine rings is 1. The largest absolute Gasteiger partial charge is 0.244 e. The second kappa shape index (κ2) is 4.92. The number of hydrogen-bond acceptors (Lipinski definition) is 3. The van der Waals surface area contributed by atoms with Gasteiger partial charge in [-0.2, -0.15) is 4.31 Å². The molecule has 0 spiro atoms. The average molecular weight is 275 g/mol. The van der Waals surface area contributed by atoms with Crippen molar-refractivity contribution in [2.24, 2.45) is 0 Å². The first-order valence-electron chi connectivity index (χ1n) is 5.61. The lowest BCUT2D eigenvalue weighted by Crippen LogP contribution is -2.35. The maximum atomic E-state index is 12.3. The topological polar surface area (TPSA) is 50.3 Å². The first-order valence-corrected chi connectivity index (χ1v) is 7.43. The molecule has 4 nitrogen and oxygen atoms in total. The maximum Gasteiger partial charge on any atom is 0.244 e. The Hall–Kier alpha value is -0.650. The van der Waals surface area contributed by atoms with Crippen LogP contribution in [0.4, 0.5) is 0 Å². The van der Waals surface area contributed by atoms with Crippen molar-refractivity contribution in [3.05, 3.63) is 23.5 Å². The first kappa shape index (κ1) is 12.8. The minimum atomic E-state index is -3.43. The molecule has 0 unspecified atom stereocenters. The Kier molecular flexibility index (Phi) is 3.70. The van der Waals surface area contributed by atoms with Gasteiger partial charge in [0, 0.05) is 19.3 Å². The summed E-state index contributed by atoms with van der Waals surface area (Å²) in [6.07, 6.45) is 5.39. The number of rotatable bonds is 3. The Morgan fingerprint density at radius 2 is 2.00 bits per heavy atom. The van der Waals surface area contributed by atoms with Gasteiger partial charge in [0.25, 0.3) is 0 Å². The molecule has 1 saturated carbocycles. The zero-order valence-electron chi connectivity index (χ0n) is 9.63. The fourth-order valence-electron chi connectivity index (χ4n) is 2.15. The van der Waals surface area contributed by atoms with Crippen molar-refractivity contribution in [2.45, 2.75) is 36.6 Å². The standard InChI is InChI=1S/C11H15ClN2O2S/c1-14(9-4-2-3-5-9)17(15,16)10-6-7-11(12)13-8-10/h6-9H,2-5H2,1H3. The van der Waals surface area contributed by atoms with Crippen LogP contribution < -0.4 is 0 Å². The smallest absolute Gasteiger partial charge is 0.243 e. The van der Waals surface area contributed by atoms with Crippen LogP contribution in [0.25, 0.3) is 0 Å². The summed E-state index contributed by atoms with van der Waals surface area (Å²) in [7, 11) is -1.79. The van der Waals surface area contributed by atoms with Crippen molar-refractivity contribution >= 4 is 21.6 Å². The molecule has 1 aromatic heterocycles. The highest BCUT2D eigenvalue weighted by Crippen LogP contribution is 2.27. The molecule has 0 atom stereocenters. The van der Waals surface area contributed by atoms with Gasteiger partial charge in [-0.05, 0) is 25.0 Å². The minimum absolute atomic E-state index is 0.121. The van der Waals surface area contributed by atoms with Crippen LogP contribution >= 0.6 is 11.6 Å². The first-order chi connectivity index (χ1) is 8.01. The highest BCUT2D eigenvalue weighted by atomic mass is 35.5. The van der Waals surface area contributed by atoms with Gasteiger partial charge >= 0.3 is 0 Å².